The van der Waals surface area contributed by atoms with Crippen LogP contribution in [0.4, 0.5) is 0 Å². The highest BCUT2D eigenvalue weighted by Gasteiger charge is 2.30. The summed E-state index contributed by atoms with van der Waals surface area (Å²) in [5.74, 6) is 0. The van der Waals surface area contributed by atoms with Gasteiger partial charge in [-0.05, 0) is 53.4 Å². The molecule has 4 aromatic rings. The largest absolute Gasteiger partial charge is 0.285 e. The number of nitrogens with zero attached hydrogens (tertiary/aromatic N) is 3. The van der Waals surface area contributed by atoms with E-state index in [4.69, 9.17) is 4.98 Å². The second-order valence-corrected chi connectivity index (χ2v) is 8.94. The molecule has 0 unspecified atom stereocenters. The predicted octanol–water partition coefficient (Wildman–Crippen LogP) is 4.27. The Kier molecular flexibility index (Phi) is 4.19. The van der Waals surface area contributed by atoms with Crippen molar-refractivity contribution in [3.05, 3.63) is 90.3 Å². The van der Waals surface area contributed by atoms with E-state index in [9.17, 15) is 4.79 Å². The van der Waals surface area contributed by atoms with Crippen LogP contribution in [0.1, 0.15) is 32.6 Å². The van der Waals surface area contributed by atoms with Crippen LogP contribution in [0.25, 0.3) is 5.65 Å². The molecule has 0 spiro atoms. The van der Waals surface area contributed by atoms with Crippen LogP contribution < -0.4 is 5.56 Å². The molecule has 4 nitrogen and oxygen atoms in total. The van der Waals surface area contributed by atoms with Crippen LogP contribution >= 0.6 is 22.7 Å². The summed E-state index contributed by atoms with van der Waals surface area (Å²) < 4.78 is 1.63. The van der Waals surface area contributed by atoms with Crippen molar-refractivity contribution >= 4 is 28.3 Å². The van der Waals surface area contributed by atoms with Gasteiger partial charge in [0.1, 0.15) is 5.65 Å². The first kappa shape index (κ1) is 16.9. The minimum absolute atomic E-state index is 0.0143. The maximum atomic E-state index is 12.6. The lowest BCUT2D eigenvalue weighted by molar-refractivity contribution is 0.206. The van der Waals surface area contributed by atoms with Crippen molar-refractivity contribution < 1.29 is 0 Å². The van der Waals surface area contributed by atoms with Gasteiger partial charge in [-0.2, -0.15) is 0 Å². The molecule has 1 atom stereocenters. The third kappa shape index (κ3) is 3.04. The van der Waals surface area contributed by atoms with Crippen LogP contribution in [0.15, 0.2) is 58.1 Å². The van der Waals surface area contributed by atoms with Crippen molar-refractivity contribution in [3.8, 4) is 0 Å². The Morgan fingerprint density at radius 2 is 2.11 bits per heavy atom. The summed E-state index contributed by atoms with van der Waals surface area (Å²) in [6.45, 7) is 3.64. The molecule has 0 aliphatic carbocycles. The number of pyridine rings is 1. The maximum absolute atomic E-state index is 12.6. The van der Waals surface area contributed by atoms with Gasteiger partial charge in [0.25, 0.3) is 5.56 Å². The average molecular weight is 394 g/mol. The van der Waals surface area contributed by atoms with Crippen molar-refractivity contribution in [2.45, 2.75) is 25.9 Å². The van der Waals surface area contributed by atoms with Crippen LogP contribution in [0.3, 0.4) is 0 Å². The first-order chi connectivity index (χ1) is 13.2. The molecule has 5 heterocycles. The van der Waals surface area contributed by atoms with Crippen molar-refractivity contribution in [2.75, 3.05) is 6.54 Å². The summed E-state index contributed by atoms with van der Waals surface area (Å²) in [5, 5.41) is 4.33. The van der Waals surface area contributed by atoms with E-state index in [-0.39, 0.29) is 11.6 Å². The van der Waals surface area contributed by atoms with Gasteiger partial charge in [0.2, 0.25) is 0 Å². The Morgan fingerprint density at radius 3 is 2.96 bits per heavy atom. The molecule has 27 heavy (non-hydrogen) atoms. The number of aromatic nitrogens is 2. The fourth-order valence-corrected chi connectivity index (χ4v) is 5.65. The first-order valence-corrected chi connectivity index (χ1v) is 10.8. The highest BCUT2D eigenvalue weighted by Crippen LogP contribution is 2.39. The van der Waals surface area contributed by atoms with E-state index in [2.05, 4.69) is 33.9 Å². The fourth-order valence-electron chi connectivity index (χ4n) is 3.87. The zero-order valence-electron chi connectivity index (χ0n) is 15.0. The van der Waals surface area contributed by atoms with Crippen molar-refractivity contribution in [3.63, 3.8) is 0 Å². The molecule has 5 rings (SSSR count). The predicted molar refractivity (Wildman–Crippen MR) is 111 cm³/mol. The summed E-state index contributed by atoms with van der Waals surface area (Å²) in [4.78, 5) is 22.6. The van der Waals surface area contributed by atoms with E-state index in [1.807, 2.05) is 36.6 Å². The average Bonchev–Trinajstić information content (AvgIpc) is 3.34. The summed E-state index contributed by atoms with van der Waals surface area (Å²) in [5.41, 5.74) is 3.99. The smallest absolute Gasteiger partial charge is 0.258 e. The van der Waals surface area contributed by atoms with Gasteiger partial charge in [0, 0.05) is 35.1 Å². The normalized spacial score (nSPS) is 17.3. The molecule has 1 aliphatic heterocycles. The molecule has 0 N–H and O–H groups in total. The molecule has 1 aliphatic rings. The number of fused-ring (bicyclic) bond motifs is 2. The summed E-state index contributed by atoms with van der Waals surface area (Å²) >= 11 is 3.64. The summed E-state index contributed by atoms with van der Waals surface area (Å²) in [6.07, 6.45) is 2.90. The van der Waals surface area contributed by atoms with Crippen molar-refractivity contribution in [1.82, 2.24) is 14.3 Å². The van der Waals surface area contributed by atoms with Gasteiger partial charge in [0.15, 0.2) is 0 Å². The van der Waals surface area contributed by atoms with E-state index < -0.39 is 0 Å². The second-order valence-electron chi connectivity index (χ2n) is 6.96. The molecule has 0 amide bonds. The van der Waals surface area contributed by atoms with Crippen LogP contribution in [0.2, 0.25) is 0 Å². The van der Waals surface area contributed by atoms with Crippen LogP contribution in [0, 0.1) is 6.92 Å². The summed E-state index contributed by atoms with van der Waals surface area (Å²) in [7, 11) is 0. The maximum Gasteiger partial charge on any atom is 0.258 e. The molecular weight excluding hydrogens is 374 g/mol. The number of rotatable bonds is 3. The molecular formula is C21H19N3OS2. The molecule has 0 bridgehead atoms. The van der Waals surface area contributed by atoms with Gasteiger partial charge in [-0.25, -0.2) is 4.98 Å². The molecule has 0 aromatic carbocycles. The molecule has 0 saturated carbocycles. The number of aryl methyl sites for hydroxylation is 1. The van der Waals surface area contributed by atoms with Crippen LogP contribution in [-0.2, 0) is 13.0 Å². The van der Waals surface area contributed by atoms with Crippen molar-refractivity contribution in [2.24, 2.45) is 0 Å². The molecule has 6 heteroatoms. The lowest BCUT2D eigenvalue weighted by atomic mass is 9.98. The quantitative estimate of drug-likeness (QED) is 0.522. The first-order valence-electron chi connectivity index (χ1n) is 9.02. The van der Waals surface area contributed by atoms with E-state index >= 15 is 0 Å². The number of hydrogen-bond donors (Lipinski definition) is 0. The minimum Gasteiger partial charge on any atom is -0.285 e. The Balaban J connectivity index is 1.54. The van der Waals surface area contributed by atoms with Gasteiger partial charge in [-0.1, -0.05) is 12.1 Å². The van der Waals surface area contributed by atoms with Gasteiger partial charge >= 0.3 is 0 Å². The SMILES string of the molecule is Cc1ccc2nc(CN3CCc4sccc4[C@H]3c3cccs3)cc(=O)n2c1. The Labute approximate surface area is 165 Å². The van der Waals surface area contributed by atoms with Gasteiger partial charge in [-0.15, -0.1) is 22.7 Å². The van der Waals surface area contributed by atoms with Gasteiger partial charge < -0.3 is 0 Å². The van der Waals surface area contributed by atoms with E-state index in [1.165, 1.54) is 15.3 Å². The molecule has 4 aromatic heterocycles. The van der Waals surface area contributed by atoms with E-state index in [1.54, 1.807) is 21.8 Å². The van der Waals surface area contributed by atoms with Crippen LogP contribution in [0.5, 0.6) is 0 Å². The fraction of sp³-hybridized carbons (Fsp3) is 0.238. The molecule has 0 fully saturated rings. The number of hydrogen-bond acceptors (Lipinski definition) is 5. The highest BCUT2D eigenvalue weighted by molar-refractivity contribution is 7.10. The lowest BCUT2D eigenvalue weighted by Gasteiger charge is -2.35. The third-order valence-electron chi connectivity index (χ3n) is 5.10. The Bertz CT molecular complexity index is 1160. The molecule has 136 valence electrons. The van der Waals surface area contributed by atoms with E-state index in [0.29, 0.717) is 12.2 Å². The van der Waals surface area contributed by atoms with Crippen molar-refractivity contribution in [1.29, 1.82) is 0 Å². The monoisotopic (exact) mass is 393 g/mol. The standard InChI is InChI=1S/C21H19N3OS2/c1-14-4-5-19-22-15(11-20(25)24(19)12-14)13-23-8-6-17-16(7-10-27-17)21(23)18-3-2-9-26-18/h2-5,7,9-12,21H,6,8,13H2,1H3/t21-/m0/s1. The Hall–Kier alpha value is -2.28. The topological polar surface area (TPSA) is 37.6 Å². The Morgan fingerprint density at radius 1 is 1.19 bits per heavy atom. The third-order valence-corrected chi connectivity index (χ3v) is 7.03. The van der Waals surface area contributed by atoms with Crippen LogP contribution in [-0.4, -0.2) is 20.8 Å². The zero-order chi connectivity index (χ0) is 18.4. The second kappa shape index (κ2) is 6.71. The zero-order valence-corrected chi connectivity index (χ0v) is 16.6. The summed E-state index contributed by atoms with van der Waals surface area (Å²) in [6, 6.07) is 12.4. The molecule has 0 saturated heterocycles. The van der Waals surface area contributed by atoms with Gasteiger partial charge in [-0.3, -0.25) is 14.1 Å². The lowest BCUT2D eigenvalue weighted by Crippen LogP contribution is -2.35. The van der Waals surface area contributed by atoms with Gasteiger partial charge in [0.05, 0.1) is 11.7 Å². The molecule has 0 radical (unpaired) electrons. The minimum atomic E-state index is -0.0143. The van der Waals surface area contributed by atoms with E-state index in [0.717, 1.165) is 24.2 Å². The highest BCUT2D eigenvalue weighted by atomic mass is 32.1. The number of thiophene rings is 2.